The summed E-state index contributed by atoms with van der Waals surface area (Å²) in [6.45, 7) is 5.11. The number of nitrogens with zero attached hydrogens (tertiary/aromatic N) is 1. The van der Waals surface area contributed by atoms with Crippen LogP contribution in [0.25, 0.3) is 0 Å². The molecular weight excluding hydrogens is 418 g/mol. The van der Waals surface area contributed by atoms with Gasteiger partial charge in [0, 0.05) is 36.8 Å². The number of aliphatic hydroxyl groups is 1. The van der Waals surface area contributed by atoms with Crippen molar-refractivity contribution in [2.24, 2.45) is 0 Å². The number of rotatable bonds is 12. The van der Waals surface area contributed by atoms with Crippen LogP contribution in [0, 0.1) is 0 Å². The first kappa shape index (κ1) is 23.5. The van der Waals surface area contributed by atoms with E-state index in [0.29, 0.717) is 41.8 Å². The average molecular weight is 448 g/mol. The van der Waals surface area contributed by atoms with Crippen LogP contribution in [0.5, 0.6) is 11.5 Å². The topological polar surface area (TPSA) is 68.2 Å². The summed E-state index contributed by atoms with van der Waals surface area (Å²) in [7, 11) is 0. The van der Waals surface area contributed by atoms with Crippen molar-refractivity contribution in [2.45, 2.75) is 38.5 Å². The molecule has 1 aliphatic heterocycles. The van der Waals surface area contributed by atoms with Crippen LogP contribution < -0.4 is 9.47 Å². The molecule has 0 aliphatic carbocycles. The summed E-state index contributed by atoms with van der Waals surface area (Å²) >= 11 is 6.00. The highest BCUT2D eigenvalue weighted by molar-refractivity contribution is 6.30. The van der Waals surface area contributed by atoms with E-state index in [1.807, 2.05) is 31.2 Å². The molecule has 2 aromatic rings. The SMILES string of the molecule is CCOc1cc(C=O)ccc1OCC(O)CN(Cc1ccc(Cl)cc1)CC1CCCO1. The molecule has 0 amide bonds. The van der Waals surface area contributed by atoms with Crippen LogP contribution in [0.1, 0.15) is 35.7 Å². The van der Waals surface area contributed by atoms with Crippen LogP contribution in [-0.2, 0) is 11.3 Å². The van der Waals surface area contributed by atoms with Crippen molar-refractivity contribution >= 4 is 17.9 Å². The maximum absolute atomic E-state index is 11.0. The molecule has 31 heavy (non-hydrogen) atoms. The third-order valence-electron chi connectivity index (χ3n) is 5.11. The van der Waals surface area contributed by atoms with Gasteiger partial charge in [-0.1, -0.05) is 23.7 Å². The van der Waals surface area contributed by atoms with E-state index in [4.69, 9.17) is 25.8 Å². The second-order valence-corrected chi connectivity index (χ2v) is 8.11. The minimum atomic E-state index is -0.700. The molecule has 1 aliphatic rings. The van der Waals surface area contributed by atoms with E-state index in [2.05, 4.69) is 4.90 Å². The summed E-state index contributed by atoms with van der Waals surface area (Å²) in [6, 6.07) is 12.7. The first-order valence-corrected chi connectivity index (χ1v) is 11.1. The first-order valence-electron chi connectivity index (χ1n) is 10.7. The van der Waals surface area contributed by atoms with Gasteiger partial charge in [-0.25, -0.2) is 0 Å². The Morgan fingerprint density at radius 2 is 2.03 bits per heavy atom. The Kier molecular flexibility index (Phi) is 9.15. The van der Waals surface area contributed by atoms with Crippen LogP contribution >= 0.6 is 11.6 Å². The first-order chi connectivity index (χ1) is 15.1. The fourth-order valence-electron chi connectivity index (χ4n) is 3.65. The van der Waals surface area contributed by atoms with E-state index >= 15 is 0 Å². The van der Waals surface area contributed by atoms with E-state index < -0.39 is 6.10 Å². The molecule has 0 radical (unpaired) electrons. The van der Waals surface area contributed by atoms with E-state index in [9.17, 15) is 9.90 Å². The fourth-order valence-corrected chi connectivity index (χ4v) is 3.78. The van der Waals surface area contributed by atoms with Gasteiger partial charge in [0.25, 0.3) is 0 Å². The van der Waals surface area contributed by atoms with Crippen molar-refractivity contribution in [3.63, 3.8) is 0 Å². The molecule has 1 N–H and O–H groups in total. The zero-order valence-electron chi connectivity index (χ0n) is 17.8. The minimum absolute atomic E-state index is 0.114. The maximum atomic E-state index is 11.0. The molecule has 2 unspecified atom stereocenters. The number of carbonyl (C=O) groups is 1. The van der Waals surface area contributed by atoms with Crippen molar-refractivity contribution in [3.8, 4) is 11.5 Å². The summed E-state index contributed by atoms with van der Waals surface area (Å²) < 4.78 is 17.2. The van der Waals surface area contributed by atoms with Crippen LogP contribution in [0.3, 0.4) is 0 Å². The predicted octanol–water partition coefficient (Wildman–Crippen LogP) is 3.97. The van der Waals surface area contributed by atoms with Gasteiger partial charge in [0.2, 0.25) is 0 Å². The molecule has 1 saturated heterocycles. The van der Waals surface area contributed by atoms with Crippen molar-refractivity contribution < 1.29 is 24.1 Å². The van der Waals surface area contributed by atoms with Gasteiger partial charge in [-0.05, 0) is 55.7 Å². The molecule has 2 atom stereocenters. The van der Waals surface area contributed by atoms with Gasteiger partial charge in [-0.15, -0.1) is 0 Å². The normalized spacial score (nSPS) is 17.0. The van der Waals surface area contributed by atoms with Gasteiger partial charge < -0.3 is 19.3 Å². The fraction of sp³-hybridized carbons (Fsp3) is 0.458. The predicted molar refractivity (Wildman–Crippen MR) is 120 cm³/mol. The van der Waals surface area contributed by atoms with E-state index in [1.54, 1.807) is 18.2 Å². The number of hydrogen-bond acceptors (Lipinski definition) is 6. The average Bonchev–Trinajstić information content (AvgIpc) is 3.27. The lowest BCUT2D eigenvalue weighted by atomic mass is 10.1. The van der Waals surface area contributed by atoms with Gasteiger partial charge in [0.15, 0.2) is 11.5 Å². The maximum Gasteiger partial charge on any atom is 0.161 e. The highest BCUT2D eigenvalue weighted by Gasteiger charge is 2.22. The van der Waals surface area contributed by atoms with E-state index in [0.717, 1.165) is 37.8 Å². The van der Waals surface area contributed by atoms with Gasteiger partial charge in [0.1, 0.15) is 19.0 Å². The third-order valence-corrected chi connectivity index (χ3v) is 5.36. The van der Waals surface area contributed by atoms with Gasteiger partial charge >= 0.3 is 0 Å². The molecule has 2 aromatic carbocycles. The Balaban J connectivity index is 1.60. The Morgan fingerprint density at radius 1 is 1.23 bits per heavy atom. The molecule has 0 bridgehead atoms. The van der Waals surface area contributed by atoms with Crippen molar-refractivity contribution in [2.75, 3.05) is 32.9 Å². The lowest BCUT2D eigenvalue weighted by molar-refractivity contribution is 0.0309. The molecule has 6 nitrogen and oxygen atoms in total. The Bertz CT molecular complexity index is 823. The lowest BCUT2D eigenvalue weighted by Crippen LogP contribution is -2.39. The molecular formula is C24H30ClNO5. The lowest BCUT2D eigenvalue weighted by Gasteiger charge is -2.27. The molecule has 0 aromatic heterocycles. The number of ether oxygens (including phenoxy) is 3. The summed E-state index contributed by atoms with van der Waals surface area (Å²) in [5.74, 6) is 1.01. The number of carbonyl (C=O) groups excluding carboxylic acids is 1. The third kappa shape index (κ3) is 7.51. The Labute approximate surface area is 188 Å². The standard InChI is InChI=1S/C24H30ClNO5/c1-2-29-24-12-19(16-27)7-10-23(24)31-17-21(28)14-26(15-22-4-3-11-30-22)13-18-5-8-20(25)9-6-18/h5-10,12,16,21-22,28H,2-4,11,13-15,17H2,1H3. The molecule has 7 heteroatoms. The van der Waals surface area contributed by atoms with Crippen LogP contribution in [-0.4, -0.2) is 61.4 Å². The zero-order valence-corrected chi connectivity index (χ0v) is 18.6. The van der Waals surface area contributed by atoms with E-state index in [1.165, 1.54) is 0 Å². The second kappa shape index (κ2) is 12.1. The number of aliphatic hydroxyl groups excluding tert-OH is 1. The number of aldehydes is 1. The Hall–Kier alpha value is -2.12. The van der Waals surface area contributed by atoms with Crippen LogP contribution in [0.15, 0.2) is 42.5 Å². The van der Waals surface area contributed by atoms with Crippen LogP contribution in [0.4, 0.5) is 0 Å². The van der Waals surface area contributed by atoms with Crippen molar-refractivity contribution in [1.29, 1.82) is 0 Å². The smallest absolute Gasteiger partial charge is 0.161 e. The molecule has 0 saturated carbocycles. The van der Waals surface area contributed by atoms with Crippen LogP contribution in [0.2, 0.25) is 5.02 Å². The number of benzene rings is 2. The van der Waals surface area contributed by atoms with Crippen molar-refractivity contribution in [3.05, 3.63) is 58.6 Å². The summed E-state index contributed by atoms with van der Waals surface area (Å²) in [6.07, 6.45) is 2.35. The molecule has 0 spiro atoms. The summed E-state index contributed by atoms with van der Waals surface area (Å²) in [5.41, 5.74) is 1.64. The van der Waals surface area contributed by atoms with Gasteiger partial charge in [-0.3, -0.25) is 9.69 Å². The highest BCUT2D eigenvalue weighted by atomic mass is 35.5. The monoisotopic (exact) mass is 447 g/mol. The quantitative estimate of drug-likeness (QED) is 0.496. The highest BCUT2D eigenvalue weighted by Crippen LogP contribution is 2.28. The number of hydrogen-bond donors (Lipinski definition) is 1. The molecule has 168 valence electrons. The molecule has 1 fully saturated rings. The molecule has 1 heterocycles. The zero-order chi connectivity index (χ0) is 22.1. The second-order valence-electron chi connectivity index (χ2n) is 7.68. The molecule has 3 rings (SSSR count). The van der Waals surface area contributed by atoms with Gasteiger partial charge in [-0.2, -0.15) is 0 Å². The van der Waals surface area contributed by atoms with Crippen molar-refractivity contribution in [1.82, 2.24) is 4.90 Å². The Morgan fingerprint density at radius 3 is 2.71 bits per heavy atom. The minimum Gasteiger partial charge on any atom is -0.490 e. The van der Waals surface area contributed by atoms with Gasteiger partial charge in [0.05, 0.1) is 12.7 Å². The van der Waals surface area contributed by atoms with E-state index in [-0.39, 0.29) is 12.7 Å². The summed E-state index contributed by atoms with van der Waals surface area (Å²) in [4.78, 5) is 13.2. The number of halogens is 1. The largest absolute Gasteiger partial charge is 0.490 e. The summed E-state index contributed by atoms with van der Waals surface area (Å²) in [5, 5.41) is 11.4.